The SMILES string of the molecule is CCC1CN(S(=O)(=O)c2ccc3c(c2)NCCC3)CCO1. The van der Waals surface area contributed by atoms with Crippen LogP contribution < -0.4 is 5.32 Å². The van der Waals surface area contributed by atoms with E-state index in [-0.39, 0.29) is 6.10 Å². The van der Waals surface area contributed by atoms with E-state index in [4.69, 9.17) is 4.74 Å². The van der Waals surface area contributed by atoms with Gasteiger partial charge < -0.3 is 10.1 Å². The Kier molecular flexibility index (Phi) is 4.19. The first kappa shape index (κ1) is 14.8. The Balaban J connectivity index is 1.87. The molecule has 3 rings (SSSR count). The van der Waals surface area contributed by atoms with Crippen molar-refractivity contribution in [2.24, 2.45) is 0 Å². The molecule has 1 N–H and O–H groups in total. The Morgan fingerprint density at radius 2 is 2.29 bits per heavy atom. The van der Waals surface area contributed by atoms with E-state index in [1.54, 1.807) is 16.4 Å². The minimum Gasteiger partial charge on any atom is -0.385 e. The molecule has 1 fully saturated rings. The van der Waals surface area contributed by atoms with Crippen LogP contribution in [0.5, 0.6) is 0 Å². The quantitative estimate of drug-likeness (QED) is 0.925. The van der Waals surface area contributed by atoms with Crippen molar-refractivity contribution < 1.29 is 13.2 Å². The maximum Gasteiger partial charge on any atom is 0.243 e. The van der Waals surface area contributed by atoms with Crippen molar-refractivity contribution in [1.29, 1.82) is 0 Å². The molecule has 0 radical (unpaired) electrons. The Labute approximate surface area is 126 Å². The number of fused-ring (bicyclic) bond motifs is 1. The van der Waals surface area contributed by atoms with Crippen LogP contribution in [0.15, 0.2) is 23.1 Å². The first-order valence-corrected chi connectivity index (χ1v) is 9.04. The highest BCUT2D eigenvalue weighted by Gasteiger charge is 2.30. The van der Waals surface area contributed by atoms with Gasteiger partial charge in [0.1, 0.15) is 0 Å². The van der Waals surface area contributed by atoms with Crippen LogP contribution in [0.4, 0.5) is 5.69 Å². The topological polar surface area (TPSA) is 58.6 Å². The van der Waals surface area contributed by atoms with Gasteiger partial charge in [-0.25, -0.2) is 8.42 Å². The van der Waals surface area contributed by atoms with Crippen LogP contribution in [0.25, 0.3) is 0 Å². The van der Waals surface area contributed by atoms with E-state index in [1.807, 2.05) is 13.0 Å². The summed E-state index contributed by atoms with van der Waals surface area (Å²) >= 11 is 0. The minimum absolute atomic E-state index is 0.00396. The molecule has 0 bridgehead atoms. The molecule has 1 aromatic carbocycles. The molecule has 1 saturated heterocycles. The summed E-state index contributed by atoms with van der Waals surface area (Å²) in [5, 5.41) is 3.29. The van der Waals surface area contributed by atoms with E-state index in [0.717, 1.165) is 31.5 Å². The standard InChI is InChI=1S/C15H22N2O3S/c1-2-13-11-17(8-9-20-13)21(18,19)14-6-5-12-4-3-7-16-15(12)10-14/h5-6,10,13,16H,2-4,7-9,11H2,1H3. The van der Waals surface area contributed by atoms with Gasteiger partial charge in [-0.2, -0.15) is 4.31 Å². The van der Waals surface area contributed by atoms with Gasteiger partial charge in [0.25, 0.3) is 0 Å². The van der Waals surface area contributed by atoms with Crippen molar-refractivity contribution in [3.63, 3.8) is 0 Å². The Hall–Kier alpha value is -1.11. The number of hydrogen-bond acceptors (Lipinski definition) is 4. The molecule has 1 atom stereocenters. The van der Waals surface area contributed by atoms with Crippen LogP contribution in [0.3, 0.4) is 0 Å². The minimum atomic E-state index is -3.43. The number of rotatable bonds is 3. The van der Waals surface area contributed by atoms with Crippen molar-refractivity contribution >= 4 is 15.7 Å². The third kappa shape index (κ3) is 2.93. The highest BCUT2D eigenvalue weighted by atomic mass is 32.2. The fraction of sp³-hybridized carbons (Fsp3) is 0.600. The normalized spacial score (nSPS) is 23.4. The first-order chi connectivity index (χ1) is 10.1. The largest absolute Gasteiger partial charge is 0.385 e. The van der Waals surface area contributed by atoms with Crippen molar-refractivity contribution in [3.05, 3.63) is 23.8 Å². The second kappa shape index (κ2) is 5.94. The molecule has 0 saturated carbocycles. The van der Waals surface area contributed by atoms with Crippen LogP contribution in [-0.2, 0) is 21.2 Å². The lowest BCUT2D eigenvalue weighted by Gasteiger charge is -2.32. The van der Waals surface area contributed by atoms with E-state index in [0.29, 0.717) is 24.6 Å². The van der Waals surface area contributed by atoms with Gasteiger partial charge in [0, 0.05) is 25.3 Å². The molecule has 2 heterocycles. The Morgan fingerprint density at radius 1 is 1.43 bits per heavy atom. The highest BCUT2D eigenvalue weighted by molar-refractivity contribution is 7.89. The number of nitrogens with one attached hydrogen (secondary N) is 1. The summed E-state index contributed by atoms with van der Waals surface area (Å²) in [7, 11) is -3.43. The van der Waals surface area contributed by atoms with Gasteiger partial charge in [-0.1, -0.05) is 13.0 Å². The molecular weight excluding hydrogens is 288 g/mol. The van der Waals surface area contributed by atoms with E-state index < -0.39 is 10.0 Å². The van der Waals surface area contributed by atoms with Gasteiger partial charge in [0.15, 0.2) is 0 Å². The summed E-state index contributed by atoms with van der Waals surface area (Å²) in [6.07, 6.45) is 2.95. The van der Waals surface area contributed by atoms with Crippen LogP contribution in [0, 0.1) is 0 Å². The third-order valence-electron chi connectivity index (χ3n) is 4.21. The van der Waals surface area contributed by atoms with Crippen LogP contribution >= 0.6 is 0 Å². The molecule has 1 aromatic rings. The summed E-state index contributed by atoms with van der Waals surface area (Å²) < 4.78 is 32.7. The molecule has 0 spiro atoms. The first-order valence-electron chi connectivity index (χ1n) is 7.60. The highest BCUT2D eigenvalue weighted by Crippen LogP contribution is 2.27. The summed E-state index contributed by atoms with van der Waals surface area (Å²) in [5.41, 5.74) is 2.16. The lowest BCUT2D eigenvalue weighted by atomic mass is 10.0. The Bertz CT molecular complexity index is 615. The molecular formula is C15H22N2O3S. The molecule has 5 nitrogen and oxygen atoms in total. The maximum atomic E-state index is 12.8. The number of hydrogen-bond donors (Lipinski definition) is 1. The van der Waals surface area contributed by atoms with Gasteiger partial charge in [-0.15, -0.1) is 0 Å². The fourth-order valence-electron chi connectivity index (χ4n) is 2.91. The van der Waals surface area contributed by atoms with E-state index in [9.17, 15) is 8.42 Å². The van der Waals surface area contributed by atoms with Gasteiger partial charge in [-0.05, 0) is 37.0 Å². The Morgan fingerprint density at radius 3 is 3.10 bits per heavy atom. The van der Waals surface area contributed by atoms with Gasteiger partial charge in [0.05, 0.1) is 17.6 Å². The lowest BCUT2D eigenvalue weighted by Crippen LogP contribution is -2.45. The number of sulfonamides is 1. The summed E-state index contributed by atoms with van der Waals surface area (Å²) in [6.45, 7) is 4.28. The van der Waals surface area contributed by atoms with Gasteiger partial charge in [-0.3, -0.25) is 0 Å². The number of benzene rings is 1. The number of ether oxygens (including phenoxy) is 1. The summed E-state index contributed by atoms with van der Waals surface area (Å²) in [6, 6.07) is 5.45. The second-order valence-electron chi connectivity index (χ2n) is 5.61. The van der Waals surface area contributed by atoms with Crippen molar-refractivity contribution in [2.45, 2.75) is 37.2 Å². The smallest absolute Gasteiger partial charge is 0.243 e. The average molecular weight is 310 g/mol. The predicted molar refractivity (Wildman–Crippen MR) is 82.0 cm³/mol. The monoisotopic (exact) mass is 310 g/mol. The van der Waals surface area contributed by atoms with E-state index in [1.165, 1.54) is 5.56 Å². The third-order valence-corrected chi connectivity index (χ3v) is 6.08. The second-order valence-corrected chi connectivity index (χ2v) is 7.55. The number of anilines is 1. The van der Waals surface area contributed by atoms with E-state index in [2.05, 4.69) is 5.32 Å². The maximum absolute atomic E-state index is 12.8. The molecule has 1 unspecified atom stereocenters. The lowest BCUT2D eigenvalue weighted by molar-refractivity contribution is -0.00277. The number of aryl methyl sites for hydroxylation is 1. The van der Waals surface area contributed by atoms with Crippen LogP contribution in [-0.4, -0.2) is 45.1 Å². The van der Waals surface area contributed by atoms with Gasteiger partial charge in [0.2, 0.25) is 10.0 Å². The van der Waals surface area contributed by atoms with Crippen molar-refractivity contribution in [3.8, 4) is 0 Å². The molecule has 116 valence electrons. The van der Waals surface area contributed by atoms with Crippen LogP contribution in [0.1, 0.15) is 25.3 Å². The van der Waals surface area contributed by atoms with E-state index >= 15 is 0 Å². The predicted octanol–water partition coefficient (Wildman–Crippen LogP) is 1.84. The zero-order chi connectivity index (χ0) is 14.9. The molecule has 21 heavy (non-hydrogen) atoms. The van der Waals surface area contributed by atoms with Gasteiger partial charge >= 0.3 is 0 Å². The molecule has 0 aromatic heterocycles. The zero-order valence-electron chi connectivity index (χ0n) is 12.3. The molecule has 0 amide bonds. The number of nitrogens with zero attached hydrogens (tertiary/aromatic N) is 1. The van der Waals surface area contributed by atoms with Crippen molar-refractivity contribution in [2.75, 3.05) is 31.6 Å². The van der Waals surface area contributed by atoms with Crippen molar-refractivity contribution in [1.82, 2.24) is 4.31 Å². The molecule has 2 aliphatic heterocycles. The summed E-state index contributed by atoms with van der Waals surface area (Å²) in [5.74, 6) is 0. The molecule has 0 aliphatic carbocycles. The molecule has 6 heteroatoms. The zero-order valence-corrected chi connectivity index (χ0v) is 13.2. The molecule has 2 aliphatic rings. The average Bonchev–Trinajstić information content (AvgIpc) is 2.54. The summed E-state index contributed by atoms with van der Waals surface area (Å²) in [4.78, 5) is 0.382. The fourth-order valence-corrected chi connectivity index (χ4v) is 4.39. The number of morpholine rings is 1. The van der Waals surface area contributed by atoms with Crippen LogP contribution in [0.2, 0.25) is 0 Å².